The average molecular weight is 250 g/mol. The summed E-state index contributed by atoms with van der Waals surface area (Å²) in [6.45, 7) is 1.67. The van der Waals surface area contributed by atoms with E-state index < -0.39 is 23.2 Å². The lowest BCUT2D eigenvalue weighted by Gasteiger charge is -2.06. The number of carbonyl (C=O) groups is 1. The van der Waals surface area contributed by atoms with E-state index >= 15 is 0 Å². The highest BCUT2D eigenvalue weighted by Gasteiger charge is 2.16. The summed E-state index contributed by atoms with van der Waals surface area (Å²) in [5.41, 5.74) is -0.140. The molecule has 0 bridgehead atoms. The van der Waals surface area contributed by atoms with Gasteiger partial charge < -0.3 is 20.0 Å². The number of nitrogens with one attached hydrogen (secondary N) is 1. The number of H-pyrrole nitrogens is 1. The van der Waals surface area contributed by atoms with E-state index in [1.807, 2.05) is 0 Å². The first-order valence-electron chi connectivity index (χ1n) is 5.00. The highest BCUT2D eigenvalue weighted by molar-refractivity contribution is 5.89. The number of aromatic hydroxyl groups is 2. The maximum absolute atomic E-state index is 11.7. The molecular formula is C11H10N2O5. The molecule has 0 unspecified atom stereocenters. The zero-order valence-electron chi connectivity index (χ0n) is 9.38. The minimum atomic E-state index is -0.988. The third kappa shape index (κ3) is 2.05. The predicted molar refractivity (Wildman–Crippen MR) is 60.5 cm³/mol. The minimum absolute atomic E-state index is 0.229. The molecule has 0 saturated heterocycles. The number of rotatable bonds is 2. The van der Waals surface area contributed by atoms with Crippen LogP contribution >= 0.6 is 0 Å². The zero-order chi connectivity index (χ0) is 13.3. The van der Waals surface area contributed by atoms with Gasteiger partial charge >= 0.3 is 5.97 Å². The topological polar surface area (TPSA) is 105 Å². The van der Waals surface area contributed by atoms with E-state index in [1.165, 1.54) is 12.3 Å². The van der Waals surface area contributed by atoms with Crippen LogP contribution in [-0.4, -0.2) is 25.9 Å². The lowest BCUT2D eigenvalue weighted by atomic mass is 10.2. The molecule has 0 atom stereocenters. The van der Waals surface area contributed by atoms with Gasteiger partial charge in [0.25, 0.3) is 0 Å². The van der Waals surface area contributed by atoms with Gasteiger partial charge in [-0.15, -0.1) is 4.73 Å². The smallest absolute Gasteiger partial charge is 0.369 e. The molecule has 0 amide bonds. The summed E-state index contributed by atoms with van der Waals surface area (Å²) in [5.74, 6) is -1.90. The second-order valence-electron chi connectivity index (χ2n) is 3.62. The Balaban J connectivity index is 2.31. The summed E-state index contributed by atoms with van der Waals surface area (Å²) < 4.78 is 0.516. The minimum Gasteiger partial charge on any atom is -0.492 e. The second-order valence-corrected chi connectivity index (χ2v) is 3.62. The number of aryl methyl sites for hydroxylation is 1. The summed E-state index contributed by atoms with van der Waals surface area (Å²) in [5, 5.41) is 18.6. The van der Waals surface area contributed by atoms with Crippen LogP contribution in [0.25, 0.3) is 0 Å². The van der Waals surface area contributed by atoms with Crippen molar-refractivity contribution in [3.8, 4) is 11.8 Å². The number of nitrogens with zero attached hydrogens (tertiary/aromatic N) is 1. The lowest BCUT2D eigenvalue weighted by Crippen LogP contribution is -2.25. The lowest BCUT2D eigenvalue weighted by molar-refractivity contribution is 0.0380. The van der Waals surface area contributed by atoms with Crippen molar-refractivity contribution < 1.29 is 19.8 Å². The van der Waals surface area contributed by atoms with Gasteiger partial charge in [-0.25, -0.2) is 4.79 Å². The van der Waals surface area contributed by atoms with Crippen molar-refractivity contribution in [1.82, 2.24) is 9.71 Å². The van der Waals surface area contributed by atoms with Crippen LogP contribution in [0.4, 0.5) is 0 Å². The van der Waals surface area contributed by atoms with Gasteiger partial charge in [0.05, 0.1) is 0 Å². The van der Waals surface area contributed by atoms with E-state index in [1.54, 1.807) is 6.92 Å². The van der Waals surface area contributed by atoms with Crippen LogP contribution in [0.3, 0.4) is 0 Å². The fourth-order valence-electron chi connectivity index (χ4n) is 1.36. The van der Waals surface area contributed by atoms with Gasteiger partial charge in [0.2, 0.25) is 11.8 Å². The van der Waals surface area contributed by atoms with Gasteiger partial charge in [0, 0.05) is 30.1 Å². The fourth-order valence-corrected chi connectivity index (χ4v) is 1.36. The van der Waals surface area contributed by atoms with Crippen molar-refractivity contribution in [2.45, 2.75) is 6.92 Å². The van der Waals surface area contributed by atoms with E-state index in [2.05, 4.69) is 9.82 Å². The van der Waals surface area contributed by atoms with E-state index in [0.717, 1.165) is 12.1 Å². The Kier molecular flexibility index (Phi) is 2.80. The van der Waals surface area contributed by atoms with Crippen LogP contribution in [0.15, 0.2) is 29.2 Å². The molecule has 0 spiro atoms. The van der Waals surface area contributed by atoms with Crippen LogP contribution in [0, 0.1) is 6.92 Å². The quantitative estimate of drug-likeness (QED) is 0.704. The molecule has 2 aromatic heterocycles. The Morgan fingerprint density at radius 1 is 1.33 bits per heavy atom. The third-order valence-electron chi connectivity index (χ3n) is 2.25. The maximum Gasteiger partial charge on any atom is 0.369 e. The van der Waals surface area contributed by atoms with Crippen molar-refractivity contribution in [2.75, 3.05) is 0 Å². The average Bonchev–Trinajstić information content (AvgIpc) is 2.60. The van der Waals surface area contributed by atoms with Crippen molar-refractivity contribution in [3.63, 3.8) is 0 Å². The summed E-state index contributed by atoms with van der Waals surface area (Å²) in [7, 11) is 0. The standard InChI is InChI=1S/C11H10N2O5/c1-6-4-8(14)7(5-12-6)11(17)18-13-9(15)2-3-10(13)16/h2-5,15-16H,1H3,(H,12,14). The van der Waals surface area contributed by atoms with Crippen LogP contribution in [-0.2, 0) is 0 Å². The Hall–Kier alpha value is -2.70. The molecule has 0 aliphatic carbocycles. The van der Waals surface area contributed by atoms with E-state index in [-0.39, 0.29) is 5.56 Å². The monoisotopic (exact) mass is 250 g/mol. The number of hydrogen-bond acceptors (Lipinski definition) is 5. The van der Waals surface area contributed by atoms with E-state index in [4.69, 9.17) is 0 Å². The highest BCUT2D eigenvalue weighted by Crippen LogP contribution is 2.18. The van der Waals surface area contributed by atoms with Gasteiger partial charge in [-0.2, -0.15) is 0 Å². The molecule has 0 saturated carbocycles. The molecule has 2 heterocycles. The first kappa shape index (κ1) is 11.8. The van der Waals surface area contributed by atoms with E-state index in [0.29, 0.717) is 10.4 Å². The molecule has 94 valence electrons. The van der Waals surface area contributed by atoms with E-state index in [9.17, 15) is 19.8 Å². The van der Waals surface area contributed by atoms with Crippen molar-refractivity contribution in [2.24, 2.45) is 0 Å². The number of pyridine rings is 1. The zero-order valence-corrected chi connectivity index (χ0v) is 9.38. The first-order chi connectivity index (χ1) is 8.49. The maximum atomic E-state index is 11.7. The van der Waals surface area contributed by atoms with Gasteiger partial charge in [0.1, 0.15) is 5.56 Å². The Bertz CT molecular complexity index is 636. The fraction of sp³-hybridized carbons (Fsp3) is 0.0909. The summed E-state index contributed by atoms with van der Waals surface area (Å²) in [6.07, 6.45) is 1.21. The predicted octanol–water partition coefficient (Wildman–Crippen LogP) is 0.165. The Morgan fingerprint density at radius 2 is 1.94 bits per heavy atom. The molecule has 7 heteroatoms. The molecule has 0 aromatic carbocycles. The van der Waals surface area contributed by atoms with Crippen LogP contribution in [0.1, 0.15) is 16.1 Å². The third-order valence-corrected chi connectivity index (χ3v) is 2.25. The number of aromatic amines is 1. The van der Waals surface area contributed by atoms with Crippen LogP contribution < -0.4 is 10.3 Å². The van der Waals surface area contributed by atoms with Crippen LogP contribution in [0.5, 0.6) is 11.8 Å². The number of hydrogen-bond donors (Lipinski definition) is 3. The van der Waals surface area contributed by atoms with Crippen molar-refractivity contribution in [3.05, 3.63) is 45.9 Å². The second kappa shape index (κ2) is 4.28. The highest BCUT2D eigenvalue weighted by atomic mass is 16.7. The molecule has 0 aliphatic rings. The molecule has 0 aliphatic heterocycles. The molecule has 0 radical (unpaired) electrons. The SMILES string of the molecule is Cc1cc(=O)c(C(=O)On2c(O)ccc2O)c[nH]1. The van der Waals surface area contributed by atoms with Gasteiger partial charge in [-0.1, -0.05) is 0 Å². The summed E-state index contributed by atoms with van der Waals surface area (Å²) in [4.78, 5) is 30.6. The number of carbonyl (C=O) groups excluding carboxylic acids is 1. The molecule has 7 nitrogen and oxygen atoms in total. The Labute approximate surface area is 101 Å². The normalized spacial score (nSPS) is 10.3. The van der Waals surface area contributed by atoms with Crippen molar-refractivity contribution in [1.29, 1.82) is 0 Å². The summed E-state index contributed by atoms with van der Waals surface area (Å²) >= 11 is 0. The molecule has 0 fully saturated rings. The van der Waals surface area contributed by atoms with Gasteiger partial charge in [-0.05, 0) is 6.92 Å². The van der Waals surface area contributed by atoms with Crippen molar-refractivity contribution >= 4 is 5.97 Å². The van der Waals surface area contributed by atoms with Gasteiger partial charge in [-0.3, -0.25) is 4.79 Å². The largest absolute Gasteiger partial charge is 0.492 e. The number of aromatic nitrogens is 2. The molecule has 2 aromatic rings. The Morgan fingerprint density at radius 3 is 2.50 bits per heavy atom. The van der Waals surface area contributed by atoms with Gasteiger partial charge in [0.15, 0.2) is 5.43 Å². The first-order valence-corrected chi connectivity index (χ1v) is 5.00. The molecular weight excluding hydrogens is 240 g/mol. The summed E-state index contributed by atoms with van der Waals surface area (Å²) in [6, 6.07) is 3.52. The van der Waals surface area contributed by atoms with Crippen LogP contribution in [0.2, 0.25) is 0 Å². The molecule has 2 rings (SSSR count). The molecule has 18 heavy (non-hydrogen) atoms. The molecule has 3 N–H and O–H groups in total.